The van der Waals surface area contributed by atoms with Gasteiger partial charge in [0.05, 0.1) is 11.4 Å². The largest absolute Gasteiger partial charge is 0.383 e. The first-order valence-corrected chi connectivity index (χ1v) is 6.70. The first-order valence-electron chi connectivity index (χ1n) is 5.62. The summed E-state index contributed by atoms with van der Waals surface area (Å²) < 4.78 is 2.86. The summed E-state index contributed by atoms with van der Waals surface area (Å²) in [6.07, 6.45) is 3.80. The number of fused-ring (bicyclic) bond motifs is 1. The van der Waals surface area contributed by atoms with E-state index < -0.39 is 0 Å². The molecule has 90 valence electrons. The maximum Gasteiger partial charge on any atom is 0.164 e. The second-order valence-electron chi connectivity index (χ2n) is 4.19. The Morgan fingerprint density at radius 2 is 2.35 bits per heavy atom. The van der Waals surface area contributed by atoms with Gasteiger partial charge in [-0.2, -0.15) is 5.10 Å². The van der Waals surface area contributed by atoms with Crippen LogP contribution >= 0.6 is 22.6 Å². The number of nitrogens with zero attached hydrogens (tertiary/aromatic N) is 4. The number of aromatic nitrogens is 4. The maximum atomic E-state index is 5.88. The number of nitrogens with two attached hydrogens (primary N) is 1. The smallest absolute Gasteiger partial charge is 0.164 e. The van der Waals surface area contributed by atoms with Gasteiger partial charge in [0.15, 0.2) is 5.65 Å². The van der Waals surface area contributed by atoms with Crippen LogP contribution in [0.5, 0.6) is 0 Å². The van der Waals surface area contributed by atoms with E-state index >= 15 is 0 Å². The molecule has 1 aliphatic rings. The summed E-state index contributed by atoms with van der Waals surface area (Å²) >= 11 is 2.19. The van der Waals surface area contributed by atoms with E-state index in [-0.39, 0.29) is 0 Å². The molecule has 0 spiro atoms. The van der Waals surface area contributed by atoms with Crippen LogP contribution in [0.15, 0.2) is 6.33 Å². The SMILES string of the molecule is Nc1ncnc2c1c(I)nn2[C@@H]1CCCNC1. The van der Waals surface area contributed by atoms with E-state index in [4.69, 9.17) is 5.73 Å². The van der Waals surface area contributed by atoms with Gasteiger partial charge < -0.3 is 11.1 Å². The van der Waals surface area contributed by atoms with Crippen molar-refractivity contribution in [2.24, 2.45) is 0 Å². The number of halogens is 1. The lowest BCUT2D eigenvalue weighted by atomic mass is 10.1. The van der Waals surface area contributed by atoms with Crippen molar-refractivity contribution in [2.75, 3.05) is 18.8 Å². The summed E-state index contributed by atoms with van der Waals surface area (Å²) in [5, 5.41) is 8.81. The highest BCUT2D eigenvalue weighted by atomic mass is 127. The highest BCUT2D eigenvalue weighted by molar-refractivity contribution is 14.1. The van der Waals surface area contributed by atoms with Crippen LogP contribution < -0.4 is 11.1 Å². The summed E-state index contributed by atoms with van der Waals surface area (Å²) in [4.78, 5) is 8.33. The van der Waals surface area contributed by atoms with Gasteiger partial charge in [-0.3, -0.25) is 0 Å². The predicted molar refractivity (Wildman–Crippen MR) is 73.6 cm³/mol. The van der Waals surface area contributed by atoms with Gasteiger partial charge in [0.2, 0.25) is 0 Å². The quantitative estimate of drug-likeness (QED) is 0.753. The van der Waals surface area contributed by atoms with Gasteiger partial charge in [0.25, 0.3) is 0 Å². The fourth-order valence-electron chi connectivity index (χ4n) is 2.25. The van der Waals surface area contributed by atoms with Crippen LogP contribution in [0, 0.1) is 3.70 Å². The van der Waals surface area contributed by atoms with Crippen LogP contribution in [0.1, 0.15) is 18.9 Å². The van der Waals surface area contributed by atoms with Gasteiger partial charge in [-0.25, -0.2) is 14.6 Å². The number of nitrogen functional groups attached to an aromatic ring is 1. The molecular formula is C10H13IN6. The Morgan fingerprint density at radius 3 is 3.12 bits per heavy atom. The summed E-state index contributed by atoms with van der Waals surface area (Å²) in [6.45, 7) is 2.03. The number of hydrogen-bond acceptors (Lipinski definition) is 5. The lowest BCUT2D eigenvalue weighted by molar-refractivity contribution is 0.352. The number of nitrogens with one attached hydrogen (secondary N) is 1. The van der Waals surface area contributed by atoms with Crippen LogP contribution in [0.3, 0.4) is 0 Å². The molecule has 3 heterocycles. The molecule has 0 amide bonds. The van der Waals surface area contributed by atoms with E-state index in [1.54, 1.807) is 0 Å². The molecular weight excluding hydrogens is 331 g/mol. The summed E-state index contributed by atoms with van der Waals surface area (Å²) in [6, 6.07) is 0.365. The number of hydrogen-bond donors (Lipinski definition) is 2. The first kappa shape index (κ1) is 11.1. The maximum absolute atomic E-state index is 5.88. The average molecular weight is 344 g/mol. The molecule has 1 aliphatic heterocycles. The van der Waals surface area contributed by atoms with Gasteiger partial charge in [0, 0.05) is 6.54 Å². The number of piperidine rings is 1. The van der Waals surface area contributed by atoms with Crippen molar-refractivity contribution in [2.45, 2.75) is 18.9 Å². The normalized spacial score (nSPS) is 20.9. The Bertz CT molecular complexity index is 545. The van der Waals surface area contributed by atoms with Gasteiger partial charge in [-0.1, -0.05) is 0 Å². The van der Waals surface area contributed by atoms with Crippen molar-refractivity contribution in [1.29, 1.82) is 0 Å². The minimum absolute atomic E-state index is 0.365. The monoisotopic (exact) mass is 344 g/mol. The Labute approximate surface area is 112 Å². The van der Waals surface area contributed by atoms with Crippen molar-refractivity contribution in [1.82, 2.24) is 25.1 Å². The van der Waals surface area contributed by atoms with E-state index in [1.165, 1.54) is 12.7 Å². The average Bonchev–Trinajstić information content (AvgIpc) is 2.69. The Morgan fingerprint density at radius 1 is 1.47 bits per heavy atom. The lowest BCUT2D eigenvalue weighted by Gasteiger charge is -2.23. The summed E-state index contributed by atoms with van der Waals surface area (Å²) in [5.74, 6) is 0.509. The van der Waals surface area contributed by atoms with Gasteiger partial charge in [0.1, 0.15) is 15.8 Å². The second-order valence-corrected chi connectivity index (χ2v) is 5.21. The van der Waals surface area contributed by atoms with Crippen molar-refractivity contribution < 1.29 is 0 Å². The highest BCUT2D eigenvalue weighted by Gasteiger charge is 2.21. The van der Waals surface area contributed by atoms with Gasteiger partial charge in [-0.15, -0.1) is 0 Å². The molecule has 0 aromatic carbocycles. The molecule has 1 atom stereocenters. The minimum Gasteiger partial charge on any atom is -0.383 e. The Hall–Kier alpha value is -0.960. The fraction of sp³-hybridized carbons (Fsp3) is 0.500. The minimum atomic E-state index is 0.365. The van der Waals surface area contributed by atoms with E-state index in [9.17, 15) is 0 Å². The standard InChI is InChI=1S/C10H13IN6/c11-8-7-9(12)14-5-15-10(7)17(16-8)6-2-1-3-13-4-6/h5-6,13H,1-4H2,(H2,12,14,15)/t6-/m1/s1. The Balaban J connectivity index is 2.13. The van der Waals surface area contributed by atoms with Crippen molar-refractivity contribution in [3.8, 4) is 0 Å². The molecule has 0 unspecified atom stereocenters. The number of anilines is 1. The molecule has 17 heavy (non-hydrogen) atoms. The molecule has 0 bridgehead atoms. The van der Waals surface area contributed by atoms with E-state index in [0.717, 1.165) is 34.2 Å². The second kappa shape index (κ2) is 4.37. The third kappa shape index (κ3) is 1.86. The molecule has 7 heteroatoms. The van der Waals surface area contributed by atoms with Crippen molar-refractivity contribution in [3.05, 3.63) is 10.0 Å². The molecule has 0 aliphatic carbocycles. The summed E-state index contributed by atoms with van der Waals surface area (Å²) in [7, 11) is 0. The Kier molecular flexibility index (Phi) is 2.87. The van der Waals surface area contributed by atoms with Gasteiger partial charge in [-0.05, 0) is 42.0 Å². The molecule has 0 radical (unpaired) electrons. The summed E-state index contributed by atoms with van der Waals surface area (Å²) in [5.41, 5.74) is 6.72. The topological polar surface area (TPSA) is 81.7 Å². The van der Waals surface area contributed by atoms with Crippen LogP contribution in [0.4, 0.5) is 5.82 Å². The zero-order valence-corrected chi connectivity index (χ0v) is 11.4. The third-order valence-electron chi connectivity index (χ3n) is 3.09. The predicted octanol–water partition coefficient (Wildman–Crippen LogP) is 0.938. The molecule has 2 aromatic heterocycles. The van der Waals surface area contributed by atoms with Crippen molar-refractivity contribution >= 4 is 39.4 Å². The third-order valence-corrected chi connectivity index (χ3v) is 3.85. The van der Waals surface area contributed by atoms with Crippen molar-refractivity contribution in [3.63, 3.8) is 0 Å². The molecule has 3 rings (SSSR count). The van der Waals surface area contributed by atoms with E-state index in [2.05, 4.69) is 43.0 Å². The molecule has 3 N–H and O–H groups in total. The highest BCUT2D eigenvalue weighted by Crippen LogP contribution is 2.27. The molecule has 2 aromatic rings. The fourth-order valence-corrected chi connectivity index (χ4v) is 3.00. The van der Waals surface area contributed by atoms with E-state index in [0.29, 0.717) is 11.9 Å². The molecule has 1 fully saturated rings. The zero-order valence-electron chi connectivity index (χ0n) is 9.23. The molecule has 1 saturated heterocycles. The van der Waals surface area contributed by atoms with Crippen LogP contribution in [-0.2, 0) is 0 Å². The zero-order chi connectivity index (χ0) is 11.8. The number of rotatable bonds is 1. The van der Waals surface area contributed by atoms with Gasteiger partial charge >= 0.3 is 0 Å². The molecule has 6 nitrogen and oxygen atoms in total. The molecule has 0 saturated carbocycles. The van der Waals surface area contributed by atoms with Crippen LogP contribution in [-0.4, -0.2) is 32.8 Å². The van der Waals surface area contributed by atoms with E-state index in [1.807, 2.05) is 4.68 Å². The van der Waals surface area contributed by atoms with Crippen LogP contribution in [0.2, 0.25) is 0 Å². The lowest BCUT2D eigenvalue weighted by Crippen LogP contribution is -2.32. The van der Waals surface area contributed by atoms with Crippen LogP contribution in [0.25, 0.3) is 11.0 Å². The first-order chi connectivity index (χ1) is 8.27.